The minimum absolute atomic E-state index is 0.371. The summed E-state index contributed by atoms with van der Waals surface area (Å²) in [7, 11) is 3.76. The highest BCUT2D eigenvalue weighted by molar-refractivity contribution is 7.13. The quantitative estimate of drug-likeness (QED) is 0.742. The fraction of sp³-hybridized carbons (Fsp3) is 0.667. The number of likely N-dealkylation sites (N-methyl/N-ethyl adjacent to an activating group) is 1. The number of ether oxygens (including phenoxy) is 1. The molecule has 0 spiro atoms. The Kier molecular flexibility index (Phi) is 3.69. The number of aryl methyl sites for hydroxylation is 1. The van der Waals surface area contributed by atoms with Gasteiger partial charge in [-0.2, -0.15) is 0 Å². The van der Waals surface area contributed by atoms with Gasteiger partial charge in [-0.1, -0.05) is 0 Å². The number of hydrogen-bond acceptors (Lipinski definition) is 4. The van der Waals surface area contributed by atoms with Crippen molar-refractivity contribution in [2.45, 2.75) is 19.9 Å². The molecule has 1 rings (SSSR count). The van der Waals surface area contributed by atoms with Gasteiger partial charge >= 0.3 is 0 Å². The summed E-state index contributed by atoms with van der Waals surface area (Å²) in [4.78, 5) is 6.54. The van der Waals surface area contributed by atoms with Crippen molar-refractivity contribution in [1.82, 2.24) is 4.98 Å². The van der Waals surface area contributed by atoms with Crippen molar-refractivity contribution >= 4 is 16.5 Å². The molecule has 0 aliphatic carbocycles. The summed E-state index contributed by atoms with van der Waals surface area (Å²) >= 11 is 1.67. The van der Waals surface area contributed by atoms with E-state index in [0.29, 0.717) is 6.04 Å². The maximum Gasteiger partial charge on any atom is 0.185 e. The summed E-state index contributed by atoms with van der Waals surface area (Å²) < 4.78 is 5.09. The zero-order chi connectivity index (χ0) is 9.84. The maximum absolute atomic E-state index is 5.09. The SMILES string of the molecule is COC[C@@H](C)N(C)c1nc(C)cs1. The van der Waals surface area contributed by atoms with Gasteiger partial charge in [-0.05, 0) is 13.8 Å². The van der Waals surface area contributed by atoms with E-state index < -0.39 is 0 Å². The van der Waals surface area contributed by atoms with Gasteiger partial charge < -0.3 is 9.64 Å². The minimum atomic E-state index is 0.371. The van der Waals surface area contributed by atoms with Crippen LogP contribution in [0.2, 0.25) is 0 Å². The minimum Gasteiger partial charge on any atom is -0.383 e. The topological polar surface area (TPSA) is 25.4 Å². The lowest BCUT2D eigenvalue weighted by atomic mass is 10.3. The number of anilines is 1. The molecule has 1 heterocycles. The van der Waals surface area contributed by atoms with Gasteiger partial charge in [-0.3, -0.25) is 0 Å². The Morgan fingerprint density at radius 2 is 2.38 bits per heavy atom. The monoisotopic (exact) mass is 200 g/mol. The first-order valence-electron chi connectivity index (χ1n) is 4.29. The number of rotatable bonds is 4. The van der Waals surface area contributed by atoms with Crippen LogP contribution in [0.15, 0.2) is 5.38 Å². The molecule has 0 saturated heterocycles. The van der Waals surface area contributed by atoms with Gasteiger partial charge in [0.25, 0.3) is 0 Å². The third-order valence-electron chi connectivity index (χ3n) is 1.98. The molecule has 0 radical (unpaired) electrons. The van der Waals surface area contributed by atoms with Gasteiger partial charge in [0.1, 0.15) is 0 Å². The molecule has 13 heavy (non-hydrogen) atoms. The van der Waals surface area contributed by atoms with Crippen LogP contribution < -0.4 is 4.90 Å². The molecule has 0 saturated carbocycles. The first-order valence-corrected chi connectivity index (χ1v) is 5.17. The summed E-state index contributed by atoms with van der Waals surface area (Å²) in [5, 5.41) is 3.12. The van der Waals surface area contributed by atoms with E-state index in [1.165, 1.54) is 0 Å². The first-order chi connectivity index (χ1) is 6.15. The van der Waals surface area contributed by atoms with Gasteiger partial charge in [0, 0.05) is 19.5 Å². The highest BCUT2D eigenvalue weighted by Crippen LogP contribution is 2.20. The molecule has 0 aromatic carbocycles. The summed E-state index contributed by atoms with van der Waals surface area (Å²) in [6, 6.07) is 0.371. The van der Waals surface area contributed by atoms with Gasteiger partial charge in [0.2, 0.25) is 0 Å². The highest BCUT2D eigenvalue weighted by Gasteiger charge is 2.11. The molecule has 0 aliphatic rings. The Morgan fingerprint density at radius 3 is 2.85 bits per heavy atom. The van der Waals surface area contributed by atoms with Crippen LogP contribution >= 0.6 is 11.3 Å². The van der Waals surface area contributed by atoms with Crippen molar-refractivity contribution in [2.75, 3.05) is 25.7 Å². The second-order valence-electron chi connectivity index (χ2n) is 3.19. The van der Waals surface area contributed by atoms with Crippen LogP contribution in [0.25, 0.3) is 0 Å². The Hall–Kier alpha value is -0.610. The Morgan fingerprint density at radius 1 is 1.69 bits per heavy atom. The normalized spacial score (nSPS) is 12.9. The molecule has 74 valence electrons. The summed E-state index contributed by atoms with van der Waals surface area (Å²) in [6.45, 7) is 4.87. The summed E-state index contributed by atoms with van der Waals surface area (Å²) in [5.74, 6) is 0. The Labute approximate surface area is 83.4 Å². The fourth-order valence-corrected chi connectivity index (χ4v) is 1.92. The lowest BCUT2D eigenvalue weighted by molar-refractivity contribution is 0.183. The molecule has 1 atom stereocenters. The summed E-state index contributed by atoms with van der Waals surface area (Å²) in [5.41, 5.74) is 1.08. The van der Waals surface area contributed by atoms with Crippen LogP contribution in [0.3, 0.4) is 0 Å². The van der Waals surface area contributed by atoms with Gasteiger partial charge in [0.05, 0.1) is 18.3 Å². The van der Waals surface area contributed by atoms with Crippen LogP contribution in [-0.2, 0) is 4.74 Å². The summed E-state index contributed by atoms with van der Waals surface area (Å²) in [6.07, 6.45) is 0. The number of methoxy groups -OCH3 is 1. The second kappa shape index (κ2) is 4.58. The molecule has 4 heteroatoms. The molecule has 0 aliphatic heterocycles. The predicted octanol–water partition coefficient (Wildman–Crippen LogP) is 1.92. The number of nitrogens with zero attached hydrogens (tertiary/aromatic N) is 2. The molecule has 0 fully saturated rings. The maximum atomic E-state index is 5.09. The van der Waals surface area contributed by atoms with E-state index in [9.17, 15) is 0 Å². The molecule has 0 N–H and O–H groups in total. The lowest BCUT2D eigenvalue weighted by Gasteiger charge is -2.23. The van der Waals surface area contributed by atoms with E-state index in [0.717, 1.165) is 17.4 Å². The van der Waals surface area contributed by atoms with Crippen molar-refractivity contribution in [1.29, 1.82) is 0 Å². The standard InChI is InChI=1S/C9H16N2OS/c1-7-6-13-9(10-7)11(3)8(2)5-12-4/h6,8H,5H2,1-4H3/t8-/m1/s1. The molecule has 0 amide bonds. The third-order valence-corrected chi connectivity index (χ3v) is 3.03. The van der Waals surface area contributed by atoms with E-state index in [4.69, 9.17) is 4.74 Å². The molecule has 0 bridgehead atoms. The van der Waals surface area contributed by atoms with Crippen LogP contribution in [0, 0.1) is 6.92 Å². The van der Waals surface area contributed by atoms with Gasteiger partial charge in [-0.25, -0.2) is 4.98 Å². The third kappa shape index (κ3) is 2.67. The zero-order valence-corrected chi connectivity index (χ0v) is 9.39. The van der Waals surface area contributed by atoms with Crippen LogP contribution in [0.4, 0.5) is 5.13 Å². The highest BCUT2D eigenvalue weighted by atomic mass is 32.1. The van der Waals surface area contributed by atoms with Gasteiger partial charge in [0.15, 0.2) is 5.13 Å². The smallest absolute Gasteiger partial charge is 0.185 e. The Bertz CT molecular complexity index is 262. The van der Waals surface area contributed by atoms with E-state index >= 15 is 0 Å². The fourth-order valence-electron chi connectivity index (χ4n) is 1.05. The average Bonchev–Trinajstić information content (AvgIpc) is 2.51. The van der Waals surface area contributed by atoms with E-state index in [1.54, 1.807) is 18.4 Å². The molecule has 1 aromatic rings. The zero-order valence-electron chi connectivity index (χ0n) is 8.57. The second-order valence-corrected chi connectivity index (χ2v) is 4.02. The average molecular weight is 200 g/mol. The lowest BCUT2D eigenvalue weighted by Crippen LogP contribution is -2.32. The van der Waals surface area contributed by atoms with E-state index in [2.05, 4.69) is 22.2 Å². The first kappa shape index (κ1) is 10.5. The number of aromatic nitrogens is 1. The van der Waals surface area contributed by atoms with E-state index in [-0.39, 0.29) is 0 Å². The van der Waals surface area contributed by atoms with Crippen LogP contribution in [0.1, 0.15) is 12.6 Å². The van der Waals surface area contributed by atoms with Crippen molar-refractivity contribution in [3.8, 4) is 0 Å². The molecule has 0 unspecified atom stereocenters. The largest absolute Gasteiger partial charge is 0.383 e. The van der Waals surface area contributed by atoms with Crippen molar-refractivity contribution in [2.24, 2.45) is 0 Å². The van der Waals surface area contributed by atoms with E-state index in [1.807, 2.05) is 14.0 Å². The van der Waals surface area contributed by atoms with Crippen molar-refractivity contribution in [3.05, 3.63) is 11.1 Å². The molecule has 3 nitrogen and oxygen atoms in total. The number of thiazole rings is 1. The Balaban J connectivity index is 2.61. The van der Waals surface area contributed by atoms with Crippen molar-refractivity contribution < 1.29 is 4.74 Å². The van der Waals surface area contributed by atoms with Crippen molar-refractivity contribution in [3.63, 3.8) is 0 Å². The van der Waals surface area contributed by atoms with Crippen LogP contribution in [-0.4, -0.2) is 31.8 Å². The predicted molar refractivity (Wildman–Crippen MR) is 56.6 cm³/mol. The number of hydrogen-bond donors (Lipinski definition) is 0. The van der Waals surface area contributed by atoms with Crippen LogP contribution in [0.5, 0.6) is 0 Å². The molecular formula is C9H16N2OS. The van der Waals surface area contributed by atoms with Gasteiger partial charge in [-0.15, -0.1) is 11.3 Å². The molecule has 1 aromatic heterocycles. The molecular weight excluding hydrogens is 184 g/mol.